The molecule has 0 aliphatic rings. The highest BCUT2D eigenvalue weighted by atomic mass is 35.5. The first kappa shape index (κ1) is 16.3. The molecule has 19 heavy (non-hydrogen) atoms. The van der Waals surface area contributed by atoms with Crippen LogP contribution in [0.5, 0.6) is 5.75 Å². The van der Waals surface area contributed by atoms with E-state index in [4.69, 9.17) is 22.1 Å². The molecule has 0 amide bonds. The molecule has 2 nitrogen and oxygen atoms in total. The van der Waals surface area contributed by atoms with E-state index in [1.54, 1.807) is 0 Å². The van der Waals surface area contributed by atoms with Gasteiger partial charge in [-0.25, -0.2) is 0 Å². The first-order chi connectivity index (χ1) is 8.85. The quantitative estimate of drug-likeness (QED) is 0.748. The second kappa shape index (κ2) is 7.16. The van der Waals surface area contributed by atoms with Gasteiger partial charge in [0.25, 0.3) is 0 Å². The number of unbranched alkanes of at least 4 members (excludes halogenated alkanes) is 1. The fourth-order valence-corrected chi connectivity index (χ4v) is 2.10. The van der Waals surface area contributed by atoms with Gasteiger partial charge in [0.15, 0.2) is 0 Å². The Labute approximate surface area is 122 Å². The van der Waals surface area contributed by atoms with E-state index in [2.05, 4.69) is 13.8 Å². The molecule has 1 aromatic carbocycles. The predicted molar refractivity (Wildman–Crippen MR) is 83.1 cm³/mol. The van der Waals surface area contributed by atoms with E-state index in [0.717, 1.165) is 54.3 Å². The molecular formula is C16H26ClNO. The molecule has 108 valence electrons. The lowest BCUT2D eigenvalue weighted by Gasteiger charge is -2.21. The lowest BCUT2D eigenvalue weighted by molar-refractivity contribution is 0.278. The number of halogens is 1. The van der Waals surface area contributed by atoms with Crippen molar-refractivity contribution in [2.24, 2.45) is 11.1 Å². The van der Waals surface area contributed by atoms with Gasteiger partial charge in [-0.2, -0.15) is 0 Å². The summed E-state index contributed by atoms with van der Waals surface area (Å²) in [7, 11) is 0. The third kappa shape index (κ3) is 5.42. The highest BCUT2D eigenvalue weighted by Crippen LogP contribution is 2.26. The Morgan fingerprint density at radius 1 is 1.16 bits per heavy atom. The molecule has 0 heterocycles. The normalized spacial score (nSPS) is 11.7. The molecule has 0 saturated carbocycles. The van der Waals surface area contributed by atoms with Crippen LogP contribution in [0.3, 0.4) is 0 Å². The number of hydrogen-bond acceptors (Lipinski definition) is 2. The molecule has 0 unspecified atom stereocenters. The van der Waals surface area contributed by atoms with Gasteiger partial charge in [-0.1, -0.05) is 25.4 Å². The Bertz CT molecular complexity index is 392. The highest BCUT2D eigenvalue weighted by molar-refractivity contribution is 6.32. The zero-order chi connectivity index (χ0) is 14.5. The maximum absolute atomic E-state index is 6.13. The van der Waals surface area contributed by atoms with Crippen molar-refractivity contribution in [1.82, 2.24) is 0 Å². The van der Waals surface area contributed by atoms with E-state index in [1.165, 1.54) is 0 Å². The molecule has 1 aromatic rings. The minimum Gasteiger partial charge on any atom is -0.494 e. The number of nitrogens with two attached hydrogens (primary N) is 1. The zero-order valence-electron chi connectivity index (χ0n) is 12.6. The maximum Gasteiger partial charge on any atom is 0.119 e. The fraction of sp³-hybridized carbons (Fsp3) is 0.625. The van der Waals surface area contributed by atoms with Crippen LogP contribution in [0.15, 0.2) is 12.1 Å². The van der Waals surface area contributed by atoms with E-state index in [9.17, 15) is 0 Å². The monoisotopic (exact) mass is 283 g/mol. The van der Waals surface area contributed by atoms with Crippen molar-refractivity contribution in [2.45, 2.75) is 47.0 Å². The van der Waals surface area contributed by atoms with E-state index in [-0.39, 0.29) is 5.41 Å². The van der Waals surface area contributed by atoms with Crippen molar-refractivity contribution in [3.05, 3.63) is 28.3 Å². The largest absolute Gasteiger partial charge is 0.494 e. The summed E-state index contributed by atoms with van der Waals surface area (Å²) in [5.74, 6) is 0.914. The van der Waals surface area contributed by atoms with Crippen LogP contribution in [0.2, 0.25) is 5.02 Å². The molecule has 0 saturated heterocycles. The van der Waals surface area contributed by atoms with Crippen molar-refractivity contribution < 1.29 is 4.74 Å². The van der Waals surface area contributed by atoms with E-state index >= 15 is 0 Å². The summed E-state index contributed by atoms with van der Waals surface area (Å²) in [6.07, 6.45) is 3.35. The molecule has 3 heteroatoms. The minimum atomic E-state index is 0.244. The smallest absolute Gasteiger partial charge is 0.119 e. The highest BCUT2D eigenvalue weighted by Gasteiger charge is 2.14. The van der Waals surface area contributed by atoms with Crippen LogP contribution in [0.25, 0.3) is 0 Å². The van der Waals surface area contributed by atoms with Crippen LogP contribution < -0.4 is 10.5 Å². The summed E-state index contributed by atoms with van der Waals surface area (Å²) >= 11 is 6.13. The number of aryl methyl sites for hydroxylation is 2. The molecule has 0 aliphatic carbocycles. The number of ether oxygens (including phenoxy) is 1. The van der Waals surface area contributed by atoms with Crippen molar-refractivity contribution in [3.63, 3.8) is 0 Å². The number of benzene rings is 1. The molecule has 2 N–H and O–H groups in total. The molecular weight excluding hydrogens is 258 g/mol. The van der Waals surface area contributed by atoms with Gasteiger partial charge in [-0.05, 0) is 68.3 Å². The van der Waals surface area contributed by atoms with Crippen LogP contribution in [0.4, 0.5) is 0 Å². The lowest BCUT2D eigenvalue weighted by atomic mass is 9.87. The zero-order valence-corrected chi connectivity index (χ0v) is 13.3. The van der Waals surface area contributed by atoms with Crippen LogP contribution in [-0.2, 0) is 0 Å². The Balaban J connectivity index is 2.34. The minimum absolute atomic E-state index is 0.244. The Hall–Kier alpha value is -0.730. The summed E-state index contributed by atoms with van der Waals surface area (Å²) in [5, 5.41) is 0.831. The van der Waals surface area contributed by atoms with E-state index in [1.807, 2.05) is 26.0 Å². The Morgan fingerprint density at radius 2 is 1.74 bits per heavy atom. The van der Waals surface area contributed by atoms with Gasteiger partial charge in [0, 0.05) is 5.02 Å². The van der Waals surface area contributed by atoms with Crippen LogP contribution in [0.1, 0.15) is 44.2 Å². The Morgan fingerprint density at radius 3 is 2.26 bits per heavy atom. The van der Waals surface area contributed by atoms with Gasteiger partial charge in [0.05, 0.1) is 6.61 Å². The molecule has 1 rings (SSSR count). The van der Waals surface area contributed by atoms with E-state index < -0.39 is 0 Å². The van der Waals surface area contributed by atoms with E-state index in [0.29, 0.717) is 0 Å². The average Bonchev–Trinajstić information content (AvgIpc) is 2.35. The van der Waals surface area contributed by atoms with Gasteiger partial charge in [0.1, 0.15) is 5.75 Å². The van der Waals surface area contributed by atoms with Crippen molar-refractivity contribution in [1.29, 1.82) is 0 Å². The van der Waals surface area contributed by atoms with Crippen molar-refractivity contribution in [3.8, 4) is 5.75 Å². The summed E-state index contributed by atoms with van der Waals surface area (Å²) in [4.78, 5) is 0. The first-order valence-corrected chi connectivity index (χ1v) is 7.33. The molecule has 0 fully saturated rings. The lowest BCUT2D eigenvalue weighted by Crippen LogP contribution is -2.23. The van der Waals surface area contributed by atoms with Crippen molar-refractivity contribution in [2.75, 3.05) is 13.2 Å². The fourth-order valence-electron chi connectivity index (χ4n) is 1.99. The molecule has 0 bridgehead atoms. The summed E-state index contributed by atoms with van der Waals surface area (Å²) in [6.45, 7) is 9.92. The molecule has 0 atom stereocenters. The van der Waals surface area contributed by atoms with Gasteiger partial charge >= 0.3 is 0 Å². The summed E-state index contributed by atoms with van der Waals surface area (Å²) in [5.41, 5.74) is 8.10. The van der Waals surface area contributed by atoms with Crippen LogP contribution in [-0.4, -0.2) is 13.2 Å². The first-order valence-electron chi connectivity index (χ1n) is 6.95. The van der Waals surface area contributed by atoms with Gasteiger partial charge in [-0.15, -0.1) is 0 Å². The average molecular weight is 284 g/mol. The summed E-state index contributed by atoms with van der Waals surface area (Å²) in [6, 6.07) is 4.00. The Kier molecular flexibility index (Phi) is 6.15. The van der Waals surface area contributed by atoms with Crippen LogP contribution in [0, 0.1) is 19.3 Å². The third-order valence-corrected chi connectivity index (χ3v) is 4.08. The standard InChI is InChI=1S/C16H26ClNO/c1-12-9-14(10-13(2)15(12)17)19-8-6-5-7-16(3,4)11-18/h9-10H,5-8,11,18H2,1-4H3. The number of hydrogen-bond donors (Lipinski definition) is 1. The topological polar surface area (TPSA) is 35.2 Å². The van der Waals surface area contributed by atoms with Crippen molar-refractivity contribution >= 4 is 11.6 Å². The van der Waals surface area contributed by atoms with Crippen LogP contribution >= 0.6 is 11.6 Å². The number of rotatable bonds is 7. The van der Waals surface area contributed by atoms with Gasteiger partial charge < -0.3 is 10.5 Å². The van der Waals surface area contributed by atoms with Gasteiger partial charge in [0.2, 0.25) is 0 Å². The molecule has 0 aromatic heterocycles. The molecule has 0 spiro atoms. The molecule has 0 radical (unpaired) electrons. The van der Waals surface area contributed by atoms with Gasteiger partial charge in [-0.3, -0.25) is 0 Å². The third-order valence-electron chi connectivity index (χ3n) is 3.48. The second-order valence-electron chi connectivity index (χ2n) is 6.04. The predicted octanol–water partition coefficient (Wildman–Crippen LogP) is 4.49. The second-order valence-corrected chi connectivity index (χ2v) is 6.42. The maximum atomic E-state index is 6.13. The molecule has 0 aliphatic heterocycles. The SMILES string of the molecule is Cc1cc(OCCCCC(C)(C)CN)cc(C)c1Cl. The summed E-state index contributed by atoms with van der Waals surface area (Å²) < 4.78 is 5.78.